The van der Waals surface area contributed by atoms with E-state index in [4.69, 9.17) is 5.11 Å². The Morgan fingerprint density at radius 1 is 1.25 bits per heavy atom. The smallest absolute Gasteiger partial charge is 0.305 e. The lowest BCUT2D eigenvalue weighted by Gasteiger charge is -2.29. The van der Waals surface area contributed by atoms with Crippen molar-refractivity contribution in [3.05, 3.63) is 0 Å². The predicted octanol–water partition coefficient (Wildman–Crippen LogP) is 1.91. The molecule has 0 radical (unpaired) electrons. The van der Waals surface area contributed by atoms with Gasteiger partial charge in [-0.05, 0) is 24.7 Å². The van der Waals surface area contributed by atoms with Crippen molar-refractivity contribution in [1.82, 2.24) is 4.90 Å². The standard InChI is InChI=1S/C15H23NO4/c1-4-9-5-10-11(6-9)15(20)16(14(10)19)12(8(2)3)7-13(17)18/h8-12H,4-7H2,1-3H3,(H,17,18). The van der Waals surface area contributed by atoms with Crippen LogP contribution in [0.25, 0.3) is 0 Å². The number of carbonyl (C=O) groups is 3. The Labute approximate surface area is 119 Å². The third-order valence-corrected chi connectivity index (χ3v) is 4.83. The van der Waals surface area contributed by atoms with E-state index in [2.05, 4.69) is 6.92 Å². The second kappa shape index (κ2) is 5.54. The van der Waals surface area contributed by atoms with Crippen molar-refractivity contribution >= 4 is 17.8 Å². The van der Waals surface area contributed by atoms with Gasteiger partial charge in [-0.3, -0.25) is 19.3 Å². The van der Waals surface area contributed by atoms with Gasteiger partial charge in [-0.1, -0.05) is 27.2 Å². The number of fused-ring (bicyclic) bond motifs is 1. The molecule has 2 aliphatic rings. The molecule has 0 aromatic carbocycles. The summed E-state index contributed by atoms with van der Waals surface area (Å²) in [5, 5.41) is 9.00. The summed E-state index contributed by atoms with van der Waals surface area (Å²) < 4.78 is 0. The lowest BCUT2D eigenvalue weighted by Crippen LogP contribution is -2.45. The van der Waals surface area contributed by atoms with Gasteiger partial charge in [0.25, 0.3) is 0 Å². The van der Waals surface area contributed by atoms with Crippen LogP contribution in [0.2, 0.25) is 0 Å². The summed E-state index contributed by atoms with van der Waals surface area (Å²) in [7, 11) is 0. The van der Waals surface area contributed by atoms with E-state index in [9.17, 15) is 14.4 Å². The fourth-order valence-electron chi connectivity index (χ4n) is 3.62. The first-order valence-electron chi connectivity index (χ1n) is 7.45. The summed E-state index contributed by atoms with van der Waals surface area (Å²) in [6, 6.07) is -0.516. The first kappa shape index (κ1) is 15.0. The maximum Gasteiger partial charge on any atom is 0.305 e. The highest BCUT2D eigenvalue weighted by atomic mass is 16.4. The van der Waals surface area contributed by atoms with Crippen molar-refractivity contribution in [2.45, 2.75) is 52.5 Å². The van der Waals surface area contributed by atoms with E-state index in [1.807, 2.05) is 13.8 Å². The van der Waals surface area contributed by atoms with Crippen LogP contribution in [0.5, 0.6) is 0 Å². The Morgan fingerprint density at radius 3 is 2.10 bits per heavy atom. The minimum Gasteiger partial charge on any atom is -0.481 e. The van der Waals surface area contributed by atoms with E-state index in [0.29, 0.717) is 5.92 Å². The van der Waals surface area contributed by atoms with Gasteiger partial charge in [0.1, 0.15) is 0 Å². The van der Waals surface area contributed by atoms with E-state index in [1.165, 1.54) is 4.90 Å². The van der Waals surface area contributed by atoms with E-state index < -0.39 is 12.0 Å². The molecule has 112 valence electrons. The summed E-state index contributed by atoms with van der Waals surface area (Å²) in [5.74, 6) is -1.25. The first-order valence-corrected chi connectivity index (χ1v) is 7.45. The van der Waals surface area contributed by atoms with Crippen LogP contribution < -0.4 is 0 Å². The number of aliphatic carboxylic acids is 1. The molecule has 1 saturated carbocycles. The number of carbonyl (C=O) groups excluding carboxylic acids is 2. The largest absolute Gasteiger partial charge is 0.481 e. The Bertz CT molecular complexity index is 408. The summed E-state index contributed by atoms with van der Waals surface area (Å²) in [4.78, 5) is 37.2. The maximum atomic E-state index is 12.5. The number of amides is 2. The van der Waals surface area contributed by atoms with Gasteiger partial charge in [-0.25, -0.2) is 0 Å². The third-order valence-electron chi connectivity index (χ3n) is 4.83. The maximum absolute atomic E-state index is 12.5. The van der Waals surface area contributed by atoms with Crippen molar-refractivity contribution in [2.24, 2.45) is 23.7 Å². The van der Waals surface area contributed by atoms with Gasteiger partial charge in [0.05, 0.1) is 24.3 Å². The molecule has 5 nitrogen and oxygen atoms in total. The number of carboxylic acid groups (broad SMARTS) is 1. The third kappa shape index (κ3) is 2.45. The molecule has 1 heterocycles. The predicted molar refractivity (Wildman–Crippen MR) is 72.7 cm³/mol. The minimum absolute atomic E-state index is 0.0419. The zero-order valence-corrected chi connectivity index (χ0v) is 12.3. The Morgan fingerprint density at radius 2 is 1.75 bits per heavy atom. The average molecular weight is 281 g/mol. The van der Waals surface area contributed by atoms with E-state index >= 15 is 0 Å². The molecule has 2 fully saturated rings. The molecule has 3 unspecified atom stereocenters. The molecule has 0 spiro atoms. The summed E-state index contributed by atoms with van der Waals surface area (Å²) >= 11 is 0. The quantitative estimate of drug-likeness (QED) is 0.781. The molecule has 0 aromatic heterocycles. The molecule has 1 N–H and O–H groups in total. The number of rotatable bonds is 5. The van der Waals surface area contributed by atoms with Crippen molar-refractivity contribution in [3.8, 4) is 0 Å². The van der Waals surface area contributed by atoms with E-state index in [-0.39, 0.29) is 36.0 Å². The fraction of sp³-hybridized carbons (Fsp3) is 0.800. The molecule has 1 aliphatic heterocycles. The Kier molecular flexibility index (Phi) is 4.16. The van der Waals surface area contributed by atoms with Gasteiger partial charge in [-0.2, -0.15) is 0 Å². The van der Waals surface area contributed by atoms with Crippen molar-refractivity contribution in [1.29, 1.82) is 0 Å². The minimum atomic E-state index is -0.965. The van der Waals surface area contributed by atoms with Crippen LogP contribution in [0.1, 0.15) is 46.5 Å². The molecular formula is C15H23NO4. The second-order valence-corrected chi connectivity index (χ2v) is 6.41. The topological polar surface area (TPSA) is 74.7 Å². The molecule has 0 bridgehead atoms. The number of imide groups is 1. The number of hydrogen-bond donors (Lipinski definition) is 1. The summed E-state index contributed by atoms with van der Waals surface area (Å²) in [5.41, 5.74) is 0. The van der Waals surface area contributed by atoms with Gasteiger partial charge >= 0.3 is 5.97 Å². The monoisotopic (exact) mass is 281 g/mol. The van der Waals surface area contributed by atoms with Crippen LogP contribution in [0.3, 0.4) is 0 Å². The lowest BCUT2D eigenvalue weighted by molar-refractivity contribution is -0.147. The lowest BCUT2D eigenvalue weighted by atomic mass is 9.97. The molecular weight excluding hydrogens is 258 g/mol. The summed E-state index contributed by atoms with van der Waals surface area (Å²) in [6.45, 7) is 5.80. The molecule has 2 rings (SSSR count). The Balaban J connectivity index is 2.20. The molecule has 1 aliphatic carbocycles. The second-order valence-electron chi connectivity index (χ2n) is 6.41. The molecule has 2 amide bonds. The SMILES string of the molecule is CCC1CC2C(=O)N(C(CC(=O)O)C(C)C)C(=O)C2C1. The molecule has 3 atom stereocenters. The van der Waals surface area contributed by atoms with Gasteiger partial charge in [-0.15, -0.1) is 0 Å². The van der Waals surface area contributed by atoms with Crippen LogP contribution in [-0.2, 0) is 14.4 Å². The van der Waals surface area contributed by atoms with Crippen LogP contribution in [-0.4, -0.2) is 33.8 Å². The van der Waals surface area contributed by atoms with Crippen molar-refractivity contribution in [2.75, 3.05) is 0 Å². The number of nitrogens with zero attached hydrogens (tertiary/aromatic N) is 1. The van der Waals surface area contributed by atoms with Gasteiger partial charge in [0, 0.05) is 0 Å². The molecule has 5 heteroatoms. The molecule has 1 saturated heterocycles. The fourth-order valence-corrected chi connectivity index (χ4v) is 3.62. The van der Waals surface area contributed by atoms with Gasteiger partial charge in [0.2, 0.25) is 11.8 Å². The first-order chi connectivity index (χ1) is 9.36. The Hall–Kier alpha value is -1.39. The van der Waals surface area contributed by atoms with Crippen LogP contribution in [0.4, 0.5) is 0 Å². The number of carboxylic acids is 1. The zero-order valence-electron chi connectivity index (χ0n) is 12.3. The molecule has 20 heavy (non-hydrogen) atoms. The normalized spacial score (nSPS) is 31.0. The summed E-state index contributed by atoms with van der Waals surface area (Å²) in [6.07, 6.45) is 2.39. The highest BCUT2D eigenvalue weighted by molar-refractivity contribution is 6.06. The van der Waals surface area contributed by atoms with Crippen LogP contribution >= 0.6 is 0 Å². The van der Waals surface area contributed by atoms with Crippen molar-refractivity contribution < 1.29 is 19.5 Å². The highest BCUT2D eigenvalue weighted by Gasteiger charge is 2.54. The van der Waals surface area contributed by atoms with Crippen molar-refractivity contribution in [3.63, 3.8) is 0 Å². The number of likely N-dealkylation sites (tertiary alicyclic amines) is 1. The van der Waals surface area contributed by atoms with Gasteiger partial charge in [0.15, 0.2) is 0 Å². The van der Waals surface area contributed by atoms with Crippen LogP contribution in [0, 0.1) is 23.7 Å². The van der Waals surface area contributed by atoms with E-state index in [0.717, 1.165) is 19.3 Å². The molecule has 0 aromatic rings. The van der Waals surface area contributed by atoms with Crippen LogP contribution in [0.15, 0.2) is 0 Å². The average Bonchev–Trinajstić information content (AvgIpc) is 2.88. The highest BCUT2D eigenvalue weighted by Crippen LogP contribution is 2.45. The zero-order chi connectivity index (χ0) is 15.0. The number of hydrogen-bond acceptors (Lipinski definition) is 3. The van der Waals surface area contributed by atoms with Gasteiger partial charge < -0.3 is 5.11 Å². The van der Waals surface area contributed by atoms with E-state index in [1.54, 1.807) is 0 Å².